The van der Waals surface area contributed by atoms with Gasteiger partial charge in [-0.1, -0.05) is 12.1 Å². The molecule has 0 radical (unpaired) electrons. The number of aromatic nitrogens is 1. The van der Waals surface area contributed by atoms with E-state index in [1.807, 2.05) is 0 Å². The predicted molar refractivity (Wildman–Crippen MR) is 70.4 cm³/mol. The molecule has 7 nitrogen and oxygen atoms in total. The first-order valence-corrected chi connectivity index (χ1v) is 5.40. The number of nitrogens with one attached hydrogen (secondary N) is 1. The molecule has 2 aromatic rings. The van der Waals surface area contributed by atoms with Crippen molar-refractivity contribution in [2.75, 3.05) is 5.32 Å². The SMILES string of the molecule is O=[N+]([O-])c1ccc(Nc2cccc(B(O)O)c2)nc1. The number of nitro groups is 1. The van der Waals surface area contributed by atoms with E-state index in [2.05, 4.69) is 10.3 Å². The van der Waals surface area contributed by atoms with Gasteiger partial charge in [-0.3, -0.25) is 10.1 Å². The Morgan fingerprint density at radius 3 is 2.63 bits per heavy atom. The summed E-state index contributed by atoms with van der Waals surface area (Å²) in [5.74, 6) is 0.426. The van der Waals surface area contributed by atoms with Crippen LogP contribution in [0.15, 0.2) is 42.6 Å². The highest BCUT2D eigenvalue weighted by molar-refractivity contribution is 6.58. The van der Waals surface area contributed by atoms with Gasteiger partial charge in [0.1, 0.15) is 12.0 Å². The molecular formula is C11H10BN3O4. The van der Waals surface area contributed by atoms with Gasteiger partial charge in [-0.05, 0) is 23.7 Å². The molecule has 2 rings (SSSR count). The maximum Gasteiger partial charge on any atom is 0.488 e. The van der Waals surface area contributed by atoms with E-state index >= 15 is 0 Å². The Morgan fingerprint density at radius 2 is 2.05 bits per heavy atom. The third-order valence-electron chi connectivity index (χ3n) is 2.42. The van der Waals surface area contributed by atoms with Gasteiger partial charge in [0.25, 0.3) is 5.69 Å². The summed E-state index contributed by atoms with van der Waals surface area (Å²) in [6.45, 7) is 0. The van der Waals surface area contributed by atoms with Crippen molar-refractivity contribution in [3.8, 4) is 0 Å². The zero-order valence-corrected chi connectivity index (χ0v) is 9.72. The molecule has 0 saturated heterocycles. The number of hydrogen-bond acceptors (Lipinski definition) is 6. The summed E-state index contributed by atoms with van der Waals surface area (Å²) in [5.41, 5.74) is 0.851. The van der Waals surface area contributed by atoms with E-state index in [0.29, 0.717) is 17.0 Å². The van der Waals surface area contributed by atoms with E-state index in [1.54, 1.807) is 24.3 Å². The van der Waals surface area contributed by atoms with Crippen molar-refractivity contribution in [1.29, 1.82) is 0 Å². The second-order valence-corrected chi connectivity index (χ2v) is 3.78. The first-order valence-electron chi connectivity index (χ1n) is 5.40. The topological polar surface area (TPSA) is 109 Å². The largest absolute Gasteiger partial charge is 0.488 e. The molecule has 0 saturated carbocycles. The first-order chi connectivity index (χ1) is 9.06. The van der Waals surface area contributed by atoms with Crippen LogP contribution in [0.3, 0.4) is 0 Å². The van der Waals surface area contributed by atoms with Crippen molar-refractivity contribution in [3.63, 3.8) is 0 Å². The summed E-state index contributed by atoms with van der Waals surface area (Å²) in [7, 11) is -1.55. The Balaban J connectivity index is 2.16. The van der Waals surface area contributed by atoms with Gasteiger partial charge in [0.2, 0.25) is 0 Å². The molecule has 0 spiro atoms. The molecule has 0 fully saturated rings. The van der Waals surface area contributed by atoms with E-state index < -0.39 is 12.0 Å². The van der Waals surface area contributed by atoms with Crippen LogP contribution in [-0.4, -0.2) is 27.1 Å². The van der Waals surface area contributed by atoms with Crippen LogP contribution in [0.5, 0.6) is 0 Å². The van der Waals surface area contributed by atoms with E-state index in [1.165, 1.54) is 12.1 Å². The molecule has 0 atom stereocenters. The van der Waals surface area contributed by atoms with Crippen molar-refractivity contribution in [2.45, 2.75) is 0 Å². The van der Waals surface area contributed by atoms with Gasteiger partial charge in [-0.15, -0.1) is 0 Å². The third-order valence-corrected chi connectivity index (χ3v) is 2.42. The van der Waals surface area contributed by atoms with Gasteiger partial charge in [0.15, 0.2) is 0 Å². The lowest BCUT2D eigenvalue weighted by atomic mass is 9.80. The zero-order chi connectivity index (χ0) is 13.8. The fourth-order valence-corrected chi connectivity index (χ4v) is 1.49. The number of rotatable bonds is 4. The van der Waals surface area contributed by atoms with Crippen molar-refractivity contribution in [2.24, 2.45) is 0 Å². The second-order valence-electron chi connectivity index (χ2n) is 3.78. The molecule has 1 heterocycles. The molecule has 0 aliphatic carbocycles. The summed E-state index contributed by atoms with van der Waals surface area (Å²) in [6.07, 6.45) is 1.15. The molecule has 0 aliphatic heterocycles. The normalized spacial score (nSPS) is 10.0. The number of pyridine rings is 1. The molecule has 1 aromatic carbocycles. The van der Waals surface area contributed by atoms with Gasteiger partial charge in [0, 0.05) is 11.8 Å². The van der Waals surface area contributed by atoms with Gasteiger partial charge in [-0.25, -0.2) is 4.98 Å². The average Bonchev–Trinajstić information content (AvgIpc) is 2.39. The average molecular weight is 259 g/mol. The number of nitrogens with zero attached hydrogens (tertiary/aromatic N) is 2. The van der Waals surface area contributed by atoms with Crippen LogP contribution in [0, 0.1) is 10.1 Å². The van der Waals surface area contributed by atoms with E-state index in [-0.39, 0.29) is 5.69 Å². The van der Waals surface area contributed by atoms with Crippen molar-refractivity contribution >= 4 is 29.8 Å². The minimum atomic E-state index is -1.55. The summed E-state index contributed by atoms with van der Waals surface area (Å²) in [5, 5.41) is 31.5. The third kappa shape index (κ3) is 3.27. The fourth-order valence-electron chi connectivity index (χ4n) is 1.49. The lowest BCUT2D eigenvalue weighted by Crippen LogP contribution is -2.29. The molecule has 19 heavy (non-hydrogen) atoms. The number of hydrogen-bond donors (Lipinski definition) is 3. The van der Waals surface area contributed by atoms with Crippen LogP contribution >= 0.6 is 0 Å². The molecule has 0 amide bonds. The van der Waals surface area contributed by atoms with Gasteiger partial charge in [0.05, 0.1) is 4.92 Å². The highest BCUT2D eigenvalue weighted by Gasteiger charge is 2.11. The van der Waals surface area contributed by atoms with Crippen molar-refractivity contribution in [3.05, 3.63) is 52.7 Å². The molecule has 1 aromatic heterocycles. The van der Waals surface area contributed by atoms with E-state index in [4.69, 9.17) is 10.0 Å². The molecule has 8 heteroatoms. The van der Waals surface area contributed by atoms with E-state index in [9.17, 15) is 10.1 Å². The summed E-state index contributed by atoms with van der Waals surface area (Å²) >= 11 is 0. The molecule has 0 bridgehead atoms. The fraction of sp³-hybridized carbons (Fsp3) is 0. The summed E-state index contributed by atoms with van der Waals surface area (Å²) in [6, 6.07) is 9.30. The Bertz CT molecular complexity index is 589. The van der Waals surface area contributed by atoms with Gasteiger partial charge < -0.3 is 15.4 Å². The minimum Gasteiger partial charge on any atom is -0.423 e. The first kappa shape index (κ1) is 13.0. The maximum absolute atomic E-state index is 10.5. The van der Waals surface area contributed by atoms with Crippen LogP contribution in [-0.2, 0) is 0 Å². The van der Waals surface area contributed by atoms with Crippen LogP contribution in [0.4, 0.5) is 17.2 Å². The standard InChI is InChI=1S/C11H10BN3O4/c16-12(17)8-2-1-3-9(6-8)14-11-5-4-10(7-13-11)15(18)19/h1-7,16-17H,(H,13,14). The minimum absolute atomic E-state index is 0.0925. The Morgan fingerprint density at radius 1 is 1.26 bits per heavy atom. The van der Waals surface area contributed by atoms with Crippen LogP contribution in [0.25, 0.3) is 0 Å². The molecule has 0 aliphatic rings. The predicted octanol–water partition coefficient (Wildman–Crippen LogP) is 0.413. The zero-order valence-electron chi connectivity index (χ0n) is 9.72. The van der Waals surface area contributed by atoms with Crippen LogP contribution in [0.1, 0.15) is 0 Å². The van der Waals surface area contributed by atoms with E-state index in [0.717, 1.165) is 6.20 Å². The Hall–Kier alpha value is -2.45. The monoisotopic (exact) mass is 259 g/mol. The maximum atomic E-state index is 10.5. The lowest BCUT2D eigenvalue weighted by molar-refractivity contribution is -0.385. The molecule has 0 unspecified atom stereocenters. The Labute approximate surface area is 108 Å². The van der Waals surface area contributed by atoms with Crippen molar-refractivity contribution < 1.29 is 15.0 Å². The second kappa shape index (κ2) is 5.47. The van der Waals surface area contributed by atoms with Gasteiger partial charge in [-0.2, -0.15) is 0 Å². The van der Waals surface area contributed by atoms with Crippen molar-refractivity contribution in [1.82, 2.24) is 4.98 Å². The van der Waals surface area contributed by atoms with Gasteiger partial charge >= 0.3 is 7.12 Å². The highest BCUT2D eigenvalue weighted by Crippen LogP contribution is 2.16. The summed E-state index contributed by atoms with van der Waals surface area (Å²) in [4.78, 5) is 13.8. The molecule has 96 valence electrons. The van der Waals surface area contributed by atoms with Crippen LogP contribution < -0.4 is 10.8 Å². The highest BCUT2D eigenvalue weighted by atomic mass is 16.6. The molecular weight excluding hydrogens is 249 g/mol. The number of benzene rings is 1. The Kier molecular flexibility index (Phi) is 3.74. The quantitative estimate of drug-likeness (QED) is 0.417. The number of anilines is 2. The summed E-state index contributed by atoms with van der Waals surface area (Å²) < 4.78 is 0. The molecule has 3 N–H and O–H groups in total. The smallest absolute Gasteiger partial charge is 0.423 e. The lowest BCUT2D eigenvalue weighted by Gasteiger charge is -2.07. The van der Waals surface area contributed by atoms with Crippen LogP contribution in [0.2, 0.25) is 0 Å².